The van der Waals surface area contributed by atoms with Gasteiger partial charge in [0, 0.05) is 18.6 Å². The van der Waals surface area contributed by atoms with Crippen molar-refractivity contribution in [3.05, 3.63) is 30.1 Å². The summed E-state index contributed by atoms with van der Waals surface area (Å²) in [6, 6.07) is 4.64. The Labute approximate surface area is 177 Å². The maximum Gasteiger partial charge on any atom is 0.169 e. The number of hydrogen-bond acceptors (Lipinski definition) is 0. The van der Waals surface area contributed by atoms with Crippen LogP contribution in [0.1, 0.15) is 135 Å². The number of aromatic nitrogens is 1. The number of aryl methyl sites for hydroxylation is 2. The van der Waals surface area contributed by atoms with Gasteiger partial charge in [-0.3, -0.25) is 0 Å². The molecule has 0 unspecified atom stereocenters. The number of nitrogens with zero attached hydrogens (tertiary/aromatic N) is 1. The van der Waals surface area contributed by atoms with Crippen LogP contribution >= 0.6 is 0 Å². The topological polar surface area (TPSA) is 3.88 Å². The molecule has 0 bridgehead atoms. The van der Waals surface area contributed by atoms with Crippen LogP contribution in [0.3, 0.4) is 0 Å². The van der Waals surface area contributed by atoms with Crippen LogP contribution in [0.2, 0.25) is 0 Å². The normalized spacial score (nSPS) is 11.2. The lowest BCUT2D eigenvalue weighted by molar-refractivity contribution is -0.697. The smallest absolute Gasteiger partial charge is 0.169 e. The minimum Gasteiger partial charge on any atom is -0.205 e. The molecular weight excluding hydrogens is 338 g/mol. The maximum atomic E-state index is 2.32. The highest BCUT2D eigenvalue weighted by molar-refractivity contribution is 5.07. The standard InChI is InChI=1S/C27H50N/c1-3-5-7-8-9-10-11-12-13-14-15-16-17-18-19-20-21-27-22-25-28(26-23-27)24-6-4-2/h22-23,25-26H,3-21,24H2,1-2H3/q+1. The van der Waals surface area contributed by atoms with Gasteiger partial charge in [0.2, 0.25) is 0 Å². The molecule has 162 valence electrons. The third-order valence-electron chi connectivity index (χ3n) is 6.05. The van der Waals surface area contributed by atoms with Crippen molar-refractivity contribution >= 4 is 0 Å². The van der Waals surface area contributed by atoms with E-state index in [1.54, 1.807) is 0 Å². The van der Waals surface area contributed by atoms with Gasteiger partial charge >= 0.3 is 0 Å². The third kappa shape index (κ3) is 15.1. The molecule has 1 nitrogen and oxygen atoms in total. The van der Waals surface area contributed by atoms with Crippen LogP contribution in [-0.2, 0) is 13.0 Å². The molecule has 0 radical (unpaired) electrons. The van der Waals surface area contributed by atoms with Gasteiger partial charge < -0.3 is 0 Å². The molecule has 0 saturated heterocycles. The van der Waals surface area contributed by atoms with Crippen molar-refractivity contribution in [2.45, 2.75) is 142 Å². The van der Waals surface area contributed by atoms with Crippen molar-refractivity contribution in [3.63, 3.8) is 0 Å². The van der Waals surface area contributed by atoms with E-state index >= 15 is 0 Å². The molecule has 1 heteroatoms. The minimum absolute atomic E-state index is 1.16. The van der Waals surface area contributed by atoms with E-state index in [-0.39, 0.29) is 0 Å². The number of pyridine rings is 1. The first kappa shape index (κ1) is 25.2. The van der Waals surface area contributed by atoms with Gasteiger partial charge in [0.1, 0.15) is 6.54 Å². The third-order valence-corrected chi connectivity index (χ3v) is 6.05. The average molecular weight is 389 g/mol. The lowest BCUT2D eigenvalue weighted by Gasteiger charge is -2.04. The molecule has 0 aliphatic heterocycles. The van der Waals surface area contributed by atoms with Gasteiger partial charge in [-0.05, 0) is 18.4 Å². The van der Waals surface area contributed by atoms with Crippen molar-refractivity contribution < 1.29 is 4.57 Å². The van der Waals surface area contributed by atoms with E-state index in [0.717, 1.165) is 6.54 Å². The molecule has 0 aromatic carbocycles. The average Bonchev–Trinajstić information content (AvgIpc) is 2.73. The molecule has 0 saturated carbocycles. The first-order valence-corrected chi connectivity index (χ1v) is 12.8. The first-order valence-electron chi connectivity index (χ1n) is 12.8. The molecular formula is C27H50N+. The van der Waals surface area contributed by atoms with Gasteiger partial charge in [0.05, 0.1) is 0 Å². The Hall–Kier alpha value is -0.850. The molecule has 1 heterocycles. The summed E-state index contributed by atoms with van der Waals surface area (Å²) in [5.74, 6) is 0. The van der Waals surface area contributed by atoms with Crippen molar-refractivity contribution in [1.82, 2.24) is 0 Å². The summed E-state index contributed by atoms with van der Waals surface area (Å²) in [6.07, 6.45) is 31.5. The number of rotatable bonds is 20. The van der Waals surface area contributed by atoms with Crippen LogP contribution in [0.25, 0.3) is 0 Å². The zero-order chi connectivity index (χ0) is 20.1. The minimum atomic E-state index is 1.16. The van der Waals surface area contributed by atoms with Crippen LogP contribution in [0.15, 0.2) is 24.5 Å². The fourth-order valence-electron chi connectivity index (χ4n) is 4.02. The Bertz CT molecular complexity index is 422. The Balaban J connectivity index is 1.80. The molecule has 1 aromatic rings. The predicted molar refractivity (Wildman–Crippen MR) is 125 cm³/mol. The van der Waals surface area contributed by atoms with Crippen LogP contribution in [0.4, 0.5) is 0 Å². The van der Waals surface area contributed by atoms with E-state index in [9.17, 15) is 0 Å². The quantitative estimate of drug-likeness (QED) is 0.155. The van der Waals surface area contributed by atoms with Gasteiger partial charge in [0.25, 0.3) is 0 Å². The molecule has 0 amide bonds. The summed E-state index contributed by atoms with van der Waals surface area (Å²) >= 11 is 0. The summed E-state index contributed by atoms with van der Waals surface area (Å²) in [7, 11) is 0. The maximum absolute atomic E-state index is 2.32. The van der Waals surface area contributed by atoms with Gasteiger partial charge in [0.15, 0.2) is 12.4 Å². The zero-order valence-electron chi connectivity index (χ0n) is 19.4. The fourth-order valence-corrected chi connectivity index (χ4v) is 4.02. The molecule has 0 spiro atoms. The lowest BCUT2D eigenvalue weighted by atomic mass is 10.0. The summed E-state index contributed by atoms with van der Waals surface area (Å²) in [6.45, 7) is 5.72. The fraction of sp³-hybridized carbons (Fsp3) is 0.815. The van der Waals surface area contributed by atoms with E-state index in [0.29, 0.717) is 0 Å². The summed E-state index contributed by atoms with van der Waals surface area (Å²) in [4.78, 5) is 0. The largest absolute Gasteiger partial charge is 0.205 e. The highest BCUT2D eigenvalue weighted by atomic mass is 14.9. The Kier molecular flexibility index (Phi) is 17.5. The molecule has 0 fully saturated rings. The van der Waals surface area contributed by atoms with E-state index in [1.165, 1.54) is 128 Å². The zero-order valence-corrected chi connectivity index (χ0v) is 19.4. The van der Waals surface area contributed by atoms with Crippen molar-refractivity contribution in [3.8, 4) is 0 Å². The Morgan fingerprint density at radius 3 is 1.32 bits per heavy atom. The van der Waals surface area contributed by atoms with Crippen LogP contribution in [0, 0.1) is 0 Å². The van der Waals surface area contributed by atoms with Crippen LogP contribution < -0.4 is 4.57 Å². The highest BCUT2D eigenvalue weighted by Crippen LogP contribution is 2.14. The Morgan fingerprint density at radius 2 is 0.893 bits per heavy atom. The Morgan fingerprint density at radius 1 is 0.500 bits per heavy atom. The molecule has 0 aliphatic carbocycles. The summed E-state index contributed by atoms with van der Waals surface area (Å²) in [5.41, 5.74) is 1.51. The van der Waals surface area contributed by atoms with Gasteiger partial charge in [-0.1, -0.05) is 117 Å². The van der Waals surface area contributed by atoms with E-state index in [4.69, 9.17) is 0 Å². The van der Waals surface area contributed by atoms with Gasteiger partial charge in [-0.25, -0.2) is 4.57 Å². The highest BCUT2D eigenvalue weighted by Gasteiger charge is 2.00. The molecule has 0 N–H and O–H groups in total. The number of hydrogen-bond donors (Lipinski definition) is 0. The first-order chi connectivity index (χ1) is 13.9. The molecule has 0 atom stereocenters. The summed E-state index contributed by atoms with van der Waals surface area (Å²) in [5, 5.41) is 0. The van der Waals surface area contributed by atoms with Crippen molar-refractivity contribution in [1.29, 1.82) is 0 Å². The van der Waals surface area contributed by atoms with Crippen LogP contribution in [0.5, 0.6) is 0 Å². The van der Waals surface area contributed by atoms with Crippen molar-refractivity contribution in [2.24, 2.45) is 0 Å². The molecule has 0 aliphatic rings. The lowest BCUT2D eigenvalue weighted by Crippen LogP contribution is -2.32. The molecule has 1 rings (SSSR count). The second-order valence-corrected chi connectivity index (χ2v) is 8.85. The van der Waals surface area contributed by atoms with E-state index in [1.807, 2.05) is 0 Å². The van der Waals surface area contributed by atoms with E-state index < -0.39 is 0 Å². The summed E-state index contributed by atoms with van der Waals surface area (Å²) < 4.78 is 2.32. The van der Waals surface area contributed by atoms with E-state index in [2.05, 4.69) is 42.9 Å². The van der Waals surface area contributed by atoms with Crippen molar-refractivity contribution in [2.75, 3.05) is 0 Å². The van der Waals surface area contributed by atoms with Gasteiger partial charge in [-0.2, -0.15) is 0 Å². The SMILES string of the molecule is CCCCCCCCCCCCCCCCCCc1cc[n+](CCCC)cc1. The molecule has 28 heavy (non-hydrogen) atoms. The van der Waals surface area contributed by atoms with Gasteiger partial charge in [-0.15, -0.1) is 0 Å². The molecule has 1 aromatic heterocycles. The number of unbranched alkanes of at least 4 members (excludes halogenated alkanes) is 16. The second kappa shape index (κ2) is 19.5. The predicted octanol–water partition coefficient (Wildman–Crippen LogP) is 8.58. The second-order valence-electron chi connectivity index (χ2n) is 8.85. The van der Waals surface area contributed by atoms with Crippen LogP contribution in [-0.4, -0.2) is 0 Å². The monoisotopic (exact) mass is 388 g/mol.